The molecule has 0 saturated heterocycles. The van der Waals surface area contributed by atoms with Crippen LogP contribution in [0, 0.1) is 5.82 Å². The van der Waals surface area contributed by atoms with E-state index in [1.165, 1.54) is 31.2 Å². The van der Waals surface area contributed by atoms with E-state index >= 15 is 0 Å². The maximum atomic E-state index is 13.9. The van der Waals surface area contributed by atoms with Crippen molar-refractivity contribution in [1.29, 1.82) is 0 Å². The molecule has 0 saturated carbocycles. The SMILES string of the molecule is C=CCOc1cc(F)ccc1[C@@H](Oc1ccccc1)[C@H](C)OC(=O)[C@H](C)NC(=O)OC(C)(C)C. The standard InChI is InChI=1S/C26H32FNO6/c1-7-15-31-22-16-19(27)13-14-21(22)23(33-20-11-9-8-10-12-20)18(3)32-24(29)17(2)28-25(30)34-26(4,5)6/h7-14,16-18,23H,1,15H2,2-6H3,(H,28,30)/t17-,18-,23-/m0/s1. The summed E-state index contributed by atoms with van der Waals surface area (Å²) < 4.78 is 36.5. The van der Waals surface area contributed by atoms with Crippen LogP contribution in [0.2, 0.25) is 0 Å². The van der Waals surface area contributed by atoms with Crippen molar-refractivity contribution < 1.29 is 32.9 Å². The number of alkyl carbamates (subject to hydrolysis) is 1. The van der Waals surface area contributed by atoms with Crippen molar-refractivity contribution in [3.05, 3.63) is 72.6 Å². The van der Waals surface area contributed by atoms with Gasteiger partial charge in [-0.15, -0.1) is 0 Å². The highest BCUT2D eigenvalue weighted by molar-refractivity contribution is 5.81. The van der Waals surface area contributed by atoms with E-state index in [1.807, 2.05) is 6.07 Å². The van der Waals surface area contributed by atoms with Gasteiger partial charge in [0, 0.05) is 11.6 Å². The lowest BCUT2D eigenvalue weighted by Crippen LogP contribution is -2.43. The smallest absolute Gasteiger partial charge is 0.408 e. The lowest BCUT2D eigenvalue weighted by Gasteiger charge is -2.28. The predicted octanol–water partition coefficient (Wildman–Crippen LogP) is 5.36. The molecular formula is C26H32FNO6. The molecule has 2 aromatic rings. The first-order valence-electron chi connectivity index (χ1n) is 10.9. The van der Waals surface area contributed by atoms with Crippen LogP contribution in [0.4, 0.5) is 9.18 Å². The zero-order chi connectivity index (χ0) is 25.3. The molecule has 0 fully saturated rings. The fourth-order valence-electron chi connectivity index (χ4n) is 2.97. The van der Waals surface area contributed by atoms with Crippen LogP contribution >= 0.6 is 0 Å². The fourth-order valence-corrected chi connectivity index (χ4v) is 2.97. The second-order valence-electron chi connectivity index (χ2n) is 8.64. The minimum absolute atomic E-state index is 0.152. The van der Waals surface area contributed by atoms with Gasteiger partial charge in [-0.05, 0) is 58.9 Å². The average Bonchev–Trinajstić information content (AvgIpc) is 2.75. The van der Waals surface area contributed by atoms with E-state index in [0.717, 1.165) is 0 Å². The molecule has 0 bridgehead atoms. The van der Waals surface area contributed by atoms with Crippen LogP contribution in [-0.2, 0) is 14.3 Å². The maximum absolute atomic E-state index is 13.9. The van der Waals surface area contributed by atoms with Crippen LogP contribution in [-0.4, -0.2) is 36.4 Å². The molecule has 0 aliphatic heterocycles. The topological polar surface area (TPSA) is 83.1 Å². The highest BCUT2D eigenvalue weighted by Gasteiger charge is 2.30. The molecule has 1 amide bonds. The Bertz CT molecular complexity index is 973. The molecule has 2 aromatic carbocycles. The van der Waals surface area contributed by atoms with Crippen LogP contribution in [0.15, 0.2) is 61.2 Å². The number of hydrogen-bond acceptors (Lipinski definition) is 6. The van der Waals surface area contributed by atoms with Gasteiger partial charge in [0.1, 0.15) is 41.7 Å². The summed E-state index contributed by atoms with van der Waals surface area (Å²) in [6.07, 6.45) is -0.858. The van der Waals surface area contributed by atoms with Crippen molar-refractivity contribution in [3.8, 4) is 11.5 Å². The van der Waals surface area contributed by atoms with Crippen molar-refractivity contribution in [2.24, 2.45) is 0 Å². The Kier molecular flexibility index (Phi) is 9.47. The van der Waals surface area contributed by atoms with Crippen LogP contribution in [0.1, 0.15) is 46.3 Å². The Labute approximate surface area is 199 Å². The number of benzene rings is 2. The number of para-hydroxylation sites is 1. The number of ether oxygens (including phenoxy) is 4. The van der Waals surface area contributed by atoms with Crippen LogP contribution in [0.5, 0.6) is 11.5 Å². The average molecular weight is 474 g/mol. The van der Waals surface area contributed by atoms with Crippen molar-refractivity contribution in [1.82, 2.24) is 5.32 Å². The largest absolute Gasteiger partial charge is 0.489 e. The second-order valence-corrected chi connectivity index (χ2v) is 8.64. The molecule has 3 atom stereocenters. The van der Waals surface area contributed by atoms with Crippen molar-refractivity contribution in [3.63, 3.8) is 0 Å². The Morgan fingerprint density at radius 3 is 2.41 bits per heavy atom. The number of esters is 1. The van der Waals surface area contributed by atoms with Crippen molar-refractivity contribution in [2.45, 2.75) is 58.5 Å². The fraction of sp³-hybridized carbons (Fsp3) is 0.385. The lowest BCUT2D eigenvalue weighted by molar-refractivity contribution is -0.155. The zero-order valence-corrected chi connectivity index (χ0v) is 20.2. The molecule has 8 heteroatoms. The lowest BCUT2D eigenvalue weighted by atomic mass is 10.0. The Hall–Kier alpha value is -3.55. The summed E-state index contributed by atoms with van der Waals surface area (Å²) in [5, 5.41) is 2.45. The third-order valence-electron chi connectivity index (χ3n) is 4.46. The molecule has 7 nitrogen and oxygen atoms in total. The minimum Gasteiger partial charge on any atom is -0.489 e. The van der Waals surface area contributed by atoms with E-state index in [2.05, 4.69) is 11.9 Å². The number of halogens is 1. The van der Waals surface area contributed by atoms with E-state index in [-0.39, 0.29) is 12.4 Å². The molecule has 0 aliphatic carbocycles. The summed E-state index contributed by atoms with van der Waals surface area (Å²) in [5.41, 5.74) is -0.222. The second kappa shape index (κ2) is 12.1. The number of carbonyl (C=O) groups excluding carboxylic acids is 2. The van der Waals surface area contributed by atoms with E-state index in [0.29, 0.717) is 11.3 Å². The maximum Gasteiger partial charge on any atom is 0.408 e. The Balaban J connectivity index is 2.25. The summed E-state index contributed by atoms with van der Waals surface area (Å²) in [5.74, 6) is -0.408. The number of rotatable bonds is 10. The molecule has 0 radical (unpaired) electrons. The Morgan fingerprint density at radius 2 is 1.79 bits per heavy atom. The summed E-state index contributed by atoms with van der Waals surface area (Å²) in [4.78, 5) is 24.7. The number of amides is 1. The van der Waals surface area contributed by atoms with Gasteiger partial charge in [-0.3, -0.25) is 0 Å². The van der Waals surface area contributed by atoms with Gasteiger partial charge in [-0.1, -0.05) is 30.9 Å². The normalized spacial score (nSPS) is 13.7. The van der Waals surface area contributed by atoms with Crippen LogP contribution < -0.4 is 14.8 Å². The van der Waals surface area contributed by atoms with E-state index in [1.54, 1.807) is 52.0 Å². The predicted molar refractivity (Wildman–Crippen MR) is 126 cm³/mol. The molecule has 2 rings (SSSR count). The molecule has 1 N–H and O–H groups in total. The van der Waals surface area contributed by atoms with Gasteiger partial charge in [0.15, 0.2) is 6.10 Å². The van der Waals surface area contributed by atoms with Crippen LogP contribution in [0.3, 0.4) is 0 Å². The quantitative estimate of drug-likeness (QED) is 0.370. The molecule has 34 heavy (non-hydrogen) atoms. The summed E-state index contributed by atoms with van der Waals surface area (Å²) >= 11 is 0. The summed E-state index contributed by atoms with van der Waals surface area (Å²) in [7, 11) is 0. The third kappa shape index (κ3) is 8.42. The molecule has 0 aliphatic rings. The minimum atomic E-state index is -0.973. The van der Waals surface area contributed by atoms with Gasteiger partial charge in [-0.2, -0.15) is 0 Å². The first kappa shape index (κ1) is 26.7. The van der Waals surface area contributed by atoms with E-state index in [9.17, 15) is 14.0 Å². The zero-order valence-electron chi connectivity index (χ0n) is 20.2. The number of hydrogen-bond donors (Lipinski definition) is 1. The summed E-state index contributed by atoms with van der Waals surface area (Å²) in [6, 6.07) is 12.0. The molecule has 0 aromatic heterocycles. The molecule has 0 spiro atoms. The monoisotopic (exact) mass is 473 g/mol. The van der Waals surface area contributed by atoms with Crippen molar-refractivity contribution in [2.75, 3.05) is 6.61 Å². The number of carbonyl (C=O) groups is 2. The highest BCUT2D eigenvalue weighted by Crippen LogP contribution is 2.33. The van der Waals surface area contributed by atoms with Crippen molar-refractivity contribution >= 4 is 12.1 Å². The van der Waals surface area contributed by atoms with Gasteiger partial charge in [-0.25, -0.2) is 14.0 Å². The van der Waals surface area contributed by atoms with Crippen LogP contribution in [0.25, 0.3) is 0 Å². The Morgan fingerprint density at radius 1 is 1.12 bits per heavy atom. The molecule has 184 valence electrons. The number of nitrogens with one attached hydrogen (secondary N) is 1. The van der Waals surface area contributed by atoms with Gasteiger partial charge < -0.3 is 24.3 Å². The summed E-state index contributed by atoms with van der Waals surface area (Å²) in [6.45, 7) is 12.1. The van der Waals surface area contributed by atoms with Gasteiger partial charge in [0.25, 0.3) is 0 Å². The highest BCUT2D eigenvalue weighted by atomic mass is 19.1. The van der Waals surface area contributed by atoms with E-state index in [4.69, 9.17) is 18.9 Å². The van der Waals surface area contributed by atoms with Gasteiger partial charge >= 0.3 is 12.1 Å². The van der Waals surface area contributed by atoms with Gasteiger partial charge in [0.05, 0.1) is 0 Å². The van der Waals surface area contributed by atoms with Gasteiger partial charge in [0.2, 0.25) is 0 Å². The molecular weight excluding hydrogens is 441 g/mol. The first-order chi connectivity index (χ1) is 16.0. The molecule has 0 unspecified atom stereocenters. The van der Waals surface area contributed by atoms with E-state index < -0.39 is 41.7 Å². The molecule has 0 heterocycles. The third-order valence-corrected chi connectivity index (χ3v) is 4.46. The first-order valence-corrected chi connectivity index (χ1v) is 10.9.